The van der Waals surface area contributed by atoms with E-state index < -0.39 is 11.9 Å². The predicted molar refractivity (Wildman–Crippen MR) is 130 cm³/mol. The highest BCUT2D eigenvalue weighted by Crippen LogP contribution is 2.29. The van der Waals surface area contributed by atoms with E-state index in [4.69, 9.17) is 9.47 Å². The smallest absolute Gasteiger partial charge is 0.343 e. The lowest BCUT2D eigenvalue weighted by atomic mass is 10.1. The molecular formula is C26H25N3O5. The van der Waals surface area contributed by atoms with Crippen LogP contribution in [0, 0.1) is 6.92 Å². The van der Waals surface area contributed by atoms with E-state index in [0.717, 1.165) is 5.56 Å². The second-order valence-electron chi connectivity index (χ2n) is 7.36. The van der Waals surface area contributed by atoms with Crippen molar-refractivity contribution in [3.05, 3.63) is 89.0 Å². The molecule has 0 saturated heterocycles. The minimum atomic E-state index is -0.483. The minimum absolute atomic E-state index is 0.191. The summed E-state index contributed by atoms with van der Waals surface area (Å²) in [7, 11) is 0. The van der Waals surface area contributed by atoms with E-state index in [-0.39, 0.29) is 11.7 Å². The lowest BCUT2D eigenvalue weighted by molar-refractivity contribution is -0.114. The van der Waals surface area contributed by atoms with Gasteiger partial charge in [0.15, 0.2) is 11.5 Å². The SMILES string of the molecule is CCOc1cc(/C=N/NC(=O)c2ccc(NC(C)=O)cc2)ccc1OC(=O)c1cccc(C)c1. The third-order valence-corrected chi connectivity index (χ3v) is 4.57. The van der Waals surface area contributed by atoms with Crippen LogP contribution in [0.5, 0.6) is 11.5 Å². The molecule has 3 aromatic carbocycles. The summed E-state index contributed by atoms with van der Waals surface area (Å²) in [4.78, 5) is 35.8. The molecule has 0 spiro atoms. The topological polar surface area (TPSA) is 106 Å². The van der Waals surface area contributed by atoms with Gasteiger partial charge in [0.25, 0.3) is 5.91 Å². The minimum Gasteiger partial charge on any atom is -0.490 e. The quantitative estimate of drug-likeness (QED) is 0.226. The highest BCUT2D eigenvalue weighted by atomic mass is 16.6. The first kappa shape index (κ1) is 24.2. The van der Waals surface area contributed by atoms with Crippen LogP contribution in [0.15, 0.2) is 71.8 Å². The van der Waals surface area contributed by atoms with Crippen LogP contribution in [-0.2, 0) is 4.79 Å². The molecule has 3 rings (SSSR count). The van der Waals surface area contributed by atoms with Gasteiger partial charge in [0.05, 0.1) is 18.4 Å². The van der Waals surface area contributed by atoms with E-state index in [9.17, 15) is 14.4 Å². The van der Waals surface area contributed by atoms with Gasteiger partial charge < -0.3 is 14.8 Å². The Labute approximate surface area is 197 Å². The zero-order chi connectivity index (χ0) is 24.5. The maximum absolute atomic E-state index is 12.5. The number of ether oxygens (including phenoxy) is 2. The number of nitrogens with zero attached hydrogens (tertiary/aromatic N) is 1. The molecule has 0 fully saturated rings. The maximum atomic E-state index is 12.5. The molecule has 0 bridgehead atoms. The number of benzene rings is 3. The van der Waals surface area contributed by atoms with Gasteiger partial charge in [-0.3, -0.25) is 9.59 Å². The predicted octanol–water partition coefficient (Wildman–Crippen LogP) is 4.34. The molecule has 2 amide bonds. The molecule has 0 radical (unpaired) electrons. The third kappa shape index (κ3) is 6.77. The molecule has 174 valence electrons. The number of hydrogen-bond acceptors (Lipinski definition) is 6. The Morgan fingerprint density at radius 1 is 0.941 bits per heavy atom. The number of esters is 1. The number of hydrazone groups is 1. The molecule has 0 atom stereocenters. The Kier molecular flexibility index (Phi) is 8.12. The van der Waals surface area contributed by atoms with Crippen molar-refractivity contribution < 1.29 is 23.9 Å². The lowest BCUT2D eigenvalue weighted by Crippen LogP contribution is -2.17. The van der Waals surface area contributed by atoms with Gasteiger partial charge in [0.1, 0.15) is 0 Å². The van der Waals surface area contributed by atoms with E-state index in [1.165, 1.54) is 13.1 Å². The van der Waals surface area contributed by atoms with Gasteiger partial charge >= 0.3 is 5.97 Å². The van der Waals surface area contributed by atoms with Gasteiger partial charge in [-0.2, -0.15) is 5.10 Å². The van der Waals surface area contributed by atoms with E-state index in [0.29, 0.717) is 34.7 Å². The summed E-state index contributed by atoms with van der Waals surface area (Å²) in [6, 6.07) is 18.5. The van der Waals surface area contributed by atoms with Gasteiger partial charge in [-0.1, -0.05) is 17.7 Å². The van der Waals surface area contributed by atoms with Crippen LogP contribution in [-0.4, -0.2) is 30.6 Å². The van der Waals surface area contributed by atoms with Crippen molar-refractivity contribution in [3.63, 3.8) is 0 Å². The summed E-state index contributed by atoms with van der Waals surface area (Å²) < 4.78 is 11.1. The van der Waals surface area contributed by atoms with Gasteiger partial charge in [-0.15, -0.1) is 0 Å². The van der Waals surface area contributed by atoms with Crippen molar-refractivity contribution in [2.75, 3.05) is 11.9 Å². The fraction of sp³-hybridized carbons (Fsp3) is 0.154. The summed E-state index contributed by atoms with van der Waals surface area (Å²) in [5.41, 5.74) is 5.47. The van der Waals surface area contributed by atoms with Crippen LogP contribution in [0.3, 0.4) is 0 Å². The van der Waals surface area contributed by atoms with E-state index >= 15 is 0 Å². The Morgan fingerprint density at radius 2 is 1.71 bits per heavy atom. The molecule has 0 unspecified atom stereocenters. The Balaban J connectivity index is 1.66. The molecule has 0 aliphatic heterocycles. The molecule has 8 nitrogen and oxygen atoms in total. The van der Waals surface area contributed by atoms with Crippen LogP contribution in [0.2, 0.25) is 0 Å². The van der Waals surface area contributed by atoms with Crippen LogP contribution in [0.25, 0.3) is 0 Å². The van der Waals surface area contributed by atoms with Crippen molar-refractivity contribution in [2.45, 2.75) is 20.8 Å². The van der Waals surface area contributed by atoms with Gasteiger partial charge in [-0.25, -0.2) is 10.2 Å². The third-order valence-electron chi connectivity index (χ3n) is 4.57. The second-order valence-corrected chi connectivity index (χ2v) is 7.36. The molecule has 0 heterocycles. The van der Waals surface area contributed by atoms with Crippen molar-refractivity contribution >= 4 is 29.7 Å². The van der Waals surface area contributed by atoms with Crippen molar-refractivity contribution in [2.24, 2.45) is 5.10 Å². The molecule has 0 saturated carbocycles. The molecular weight excluding hydrogens is 434 g/mol. The first-order valence-corrected chi connectivity index (χ1v) is 10.6. The fourth-order valence-corrected chi connectivity index (χ4v) is 3.03. The molecule has 3 aromatic rings. The number of hydrogen-bond donors (Lipinski definition) is 2. The number of carbonyl (C=O) groups is 3. The monoisotopic (exact) mass is 459 g/mol. The van der Waals surface area contributed by atoms with Crippen molar-refractivity contribution in [1.82, 2.24) is 5.43 Å². The first-order valence-electron chi connectivity index (χ1n) is 10.6. The molecule has 0 aromatic heterocycles. The van der Waals surface area contributed by atoms with Crippen LogP contribution in [0.4, 0.5) is 5.69 Å². The standard InChI is InChI=1S/C26H25N3O5/c1-4-33-24-15-19(8-13-23(24)34-26(32)21-7-5-6-17(2)14-21)16-27-29-25(31)20-9-11-22(12-10-20)28-18(3)30/h5-16H,4H2,1-3H3,(H,28,30)(H,29,31)/b27-16+. The summed E-state index contributed by atoms with van der Waals surface area (Å²) in [5, 5.41) is 6.62. The highest BCUT2D eigenvalue weighted by molar-refractivity contribution is 5.96. The number of rotatable bonds is 8. The highest BCUT2D eigenvalue weighted by Gasteiger charge is 2.13. The largest absolute Gasteiger partial charge is 0.490 e. The zero-order valence-electron chi connectivity index (χ0n) is 19.1. The zero-order valence-corrected chi connectivity index (χ0v) is 19.1. The summed E-state index contributed by atoms with van der Waals surface area (Å²) in [6.45, 7) is 5.51. The molecule has 8 heteroatoms. The number of aryl methyl sites for hydroxylation is 1. The van der Waals surface area contributed by atoms with Crippen LogP contribution < -0.4 is 20.2 Å². The summed E-state index contributed by atoms with van der Waals surface area (Å²) in [6.07, 6.45) is 1.46. The molecule has 34 heavy (non-hydrogen) atoms. The normalized spacial score (nSPS) is 10.6. The van der Waals surface area contributed by atoms with E-state index in [1.807, 2.05) is 19.9 Å². The summed E-state index contributed by atoms with van der Waals surface area (Å²) >= 11 is 0. The first-order chi connectivity index (χ1) is 16.4. The van der Waals surface area contributed by atoms with Gasteiger partial charge in [-0.05, 0) is 74.0 Å². The van der Waals surface area contributed by atoms with Crippen LogP contribution in [0.1, 0.15) is 45.7 Å². The van der Waals surface area contributed by atoms with Crippen LogP contribution >= 0.6 is 0 Å². The van der Waals surface area contributed by atoms with Crippen molar-refractivity contribution in [1.29, 1.82) is 0 Å². The van der Waals surface area contributed by atoms with Gasteiger partial charge in [0, 0.05) is 18.2 Å². The van der Waals surface area contributed by atoms with Crippen molar-refractivity contribution in [3.8, 4) is 11.5 Å². The second kappa shape index (κ2) is 11.4. The van der Waals surface area contributed by atoms with Gasteiger partial charge in [0.2, 0.25) is 5.91 Å². The Morgan fingerprint density at radius 3 is 2.38 bits per heavy atom. The number of anilines is 1. The maximum Gasteiger partial charge on any atom is 0.343 e. The average molecular weight is 460 g/mol. The van der Waals surface area contributed by atoms with E-state index in [1.54, 1.807) is 60.7 Å². The molecule has 2 N–H and O–H groups in total. The molecule has 0 aliphatic rings. The number of nitrogens with one attached hydrogen (secondary N) is 2. The average Bonchev–Trinajstić information content (AvgIpc) is 2.81. The van der Waals surface area contributed by atoms with E-state index in [2.05, 4.69) is 15.8 Å². The number of carbonyl (C=O) groups excluding carboxylic acids is 3. The fourth-order valence-electron chi connectivity index (χ4n) is 3.03. The Bertz CT molecular complexity index is 1220. The summed E-state index contributed by atoms with van der Waals surface area (Å²) in [5.74, 6) is -0.410. The molecule has 0 aliphatic carbocycles. The number of amides is 2. The Hall–Kier alpha value is -4.46. The lowest BCUT2D eigenvalue weighted by Gasteiger charge is -2.11.